The summed E-state index contributed by atoms with van der Waals surface area (Å²) in [6.07, 6.45) is 0. The van der Waals surface area contributed by atoms with Crippen molar-refractivity contribution >= 4 is 60.8 Å². The molecule has 0 fully saturated rings. The number of hydrogen-bond donors (Lipinski definition) is 1. The molecule has 0 aliphatic carbocycles. The molecule has 0 heterocycles. The Morgan fingerprint density at radius 1 is 0.368 bits per heavy atom. The molecule has 0 radical (unpaired) electrons. The summed E-state index contributed by atoms with van der Waals surface area (Å²) in [7, 11) is 0. The van der Waals surface area contributed by atoms with Gasteiger partial charge in [-0.15, -0.1) is 0 Å². The molecular weight excluding hydrogens is 460 g/mol. The predicted octanol–water partition coefficient (Wildman–Crippen LogP) is 10.4. The molecule has 38 heavy (non-hydrogen) atoms. The van der Waals surface area contributed by atoms with Crippen molar-refractivity contribution in [3.8, 4) is 0 Å². The Morgan fingerprint density at radius 2 is 0.816 bits per heavy atom. The van der Waals surface area contributed by atoms with E-state index in [1.807, 2.05) is 0 Å². The molecule has 0 aromatic heterocycles. The fourth-order valence-corrected chi connectivity index (χ4v) is 5.40. The highest BCUT2D eigenvalue weighted by Crippen LogP contribution is 2.42. The van der Waals surface area contributed by atoms with Crippen molar-refractivity contribution in [3.05, 3.63) is 152 Å². The van der Waals surface area contributed by atoms with E-state index in [0.29, 0.717) is 0 Å². The third-order valence-electron chi connectivity index (χ3n) is 7.21. The number of benzene rings is 7. The van der Waals surface area contributed by atoms with Gasteiger partial charge < -0.3 is 10.2 Å². The van der Waals surface area contributed by atoms with Crippen LogP contribution in [0.15, 0.2) is 152 Å². The second kappa shape index (κ2) is 9.42. The maximum atomic E-state index is 3.63. The van der Waals surface area contributed by atoms with Gasteiger partial charge in [-0.05, 0) is 58.6 Å². The predicted molar refractivity (Wildman–Crippen MR) is 163 cm³/mol. The normalized spacial score (nSPS) is 11.2. The molecule has 1 N–H and O–H groups in total. The minimum atomic E-state index is 1.06. The molecule has 7 aromatic rings. The smallest absolute Gasteiger partial charge is 0.0540 e. The van der Waals surface area contributed by atoms with Crippen molar-refractivity contribution in [1.29, 1.82) is 0 Å². The van der Waals surface area contributed by atoms with Gasteiger partial charge in [-0.2, -0.15) is 0 Å². The van der Waals surface area contributed by atoms with E-state index in [1.54, 1.807) is 0 Å². The summed E-state index contributed by atoms with van der Waals surface area (Å²) >= 11 is 0. The summed E-state index contributed by atoms with van der Waals surface area (Å²) in [4.78, 5) is 2.38. The van der Waals surface area contributed by atoms with Crippen molar-refractivity contribution in [2.75, 3.05) is 10.2 Å². The fourth-order valence-electron chi connectivity index (χ4n) is 5.40. The molecular formula is C36H26N2. The first kappa shape index (κ1) is 22.1. The standard InChI is InChI=1S/C36H26N2/c1-4-16-31-26(10-1)13-7-19-34(31)37-29-22-24-30(25-23-29)38(35-20-8-14-27-11-2-5-17-32(27)35)36-21-9-15-28-12-3-6-18-33(28)36/h1-25,37H. The molecule has 0 aliphatic heterocycles. The lowest BCUT2D eigenvalue weighted by Crippen LogP contribution is -2.11. The van der Waals surface area contributed by atoms with Crippen LogP contribution in [-0.2, 0) is 0 Å². The van der Waals surface area contributed by atoms with Crippen LogP contribution in [0.5, 0.6) is 0 Å². The molecule has 0 saturated carbocycles. The van der Waals surface area contributed by atoms with E-state index in [4.69, 9.17) is 0 Å². The van der Waals surface area contributed by atoms with Gasteiger partial charge in [0.15, 0.2) is 0 Å². The van der Waals surface area contributed by atoms with E-state index in [1.165, 1.54) is 32.3 Å². The fraction of sp³-hybridized carbons (Fsp3) is 0. The Hall–Kier alpha value is -5.08. The van der Waals surface area contributed by atoms with Gasteiger partial charge in [-0.25, -0.2) is 0 Å². The van der Waals surface area contributed by atoms with E-state index in [0.717, 1.165) is 28.4 Å². The number of fused-ring (bicyclic) bond motifs is 3. The van der Waals surface area contributed by atoms with Crippen molar-refractivity contribution in [2.24, 2.45) is 0 Å². The number of nitrogens with one attached hydrogen (secondary N) is 1. The van der Waals surface area contributed by atoms with E-state index in [2.05, 4.69) is 162 Å². The number of hydrogen-bond acceptors (Lipinski definition) is 2. The van der Waals surface area contributed by atoms with Gasteiger partial charge in [-0.3, -0.25) is 0 Å². The molecule has 7 aromatic carbocycles. The molecule has 180 valence electrons. The molecule has 7 rings (SSSR count). The molecule has 0 unspecified atom stereocenters. The summed E-state index contributed by atoms with van der Waals surface area (Å²) in [5, 5.41) is 11.0. The minimum Gasteiger partial charge on any atom is -0.355 e. The van der Waals surface area contributed by atoms with Crippen LogP contribution in [0.4, 0.5) is 28.4 Å². The third kappa shape index (κ3) is 3.93. The maximum absolute atomic E-state index is 3.63. The van der Waals surface area contributed by atoms with Crippen molar-refractivity contribution in [3.63, 3.8) is 0 Å². The van der Waals surface area contributed by atoms with E-state index < -0.39 is 0 Å². The van der Waals surface area contributed by atoms with Gasteiger partial charge in [0, 0.05) is 33.2 Å². The van der Waals surface area contributed by atoms with Gasteiger partial charge in [0.05, 0.1) is 11.4 Å². The van der Waals surface area contributed by atoms with E-state index in [-0.39, 0.29) is 0 Å². The zero-order valence-electron chi connectivity index (χ0n) is 20.9. The lowest BCUT2D eigenvalue weighted by atomic mass is 10.0. The van der Waals surface area contributed by atoms with E-state index in [9.17, 15) is 0 Å². The lowest BCUT2D eigenvalue weighted by molar-refractivity contribution is 1.31. The van der Waals surface area contributed by atoms with Gasteiger partial charge >= 0.3 is 0 Å². The average Bonchev–Trinajstić information content (AvgIpc) is 2.99. The van der Waals surface area contributed by atoms with Crippen LogP contribution < -0.4 is 10.2 Å². The number of anilines is 5. The highest BCUT2D eigenvalue weighted by atomic mass is 15.1. The van der Waals surface area contributed by atoms with Gasteiger partial charge in [0.2, 0.25) is 0 Å². The van der Waals surface area contributed by atoms with Crippen LogP contribution >= 0.6 is 0 Å². The van der Waals surface area contributed by atoms with Crippen LogP contribution in [0.1, 0.15) is 0 Å². The number of rotatable bonds is 5. The molecule has 2 heteroatoms. The summed E-state index contributed by atoms with van der Waals surface area (Å²) in [5.41, 5.74) is 5.60. The SMILES string of the molecule is c1ccc2c(Nc3ccc(N(c4cccc5ccccc45)c4cccc5ccccc45)cc3)cccc2c1. The first-order chi connectivity index (χ1) is 18.8. The Morgan fingerprint density at radius 3 is 1.39 bits per heavy atom. The topological polar surface area (TPSA) is 15.3 Å². The molecule has 0 spiro atoms. The van der Waals surface area contributed by atoms with Crippen molar-refractivity contribution < 1.29 is 0 Å². The molecule has 0 atom stereocenters. The second-order valence-corrected chi connectivity index (χ2v) is 9.53. The molecule has 0 saturated heterocycles. The molecule has 0 amide bonds. The van der Waals surface area contributed by atoms with Crippen molar-refractivity contribution in [2.45, 2.75) is 0 Å². The van der Waals surface area contributed by atoms with Crippen LogP contribution in [-0.4, -0.2) is 0 Å². The molecule has 0 aliphatic rings. The summed E-state index contributed by atoms with van der Waals surface area (Å²) < 4.78 is 0. The summed E-state index contributed by atoms with van der Waals surface area (Å²) in [6, 6.07) is 53.9. The molecule has 0 bridgehead atoms. The summed E-state index contributed by atoms with van der Waals surface area (Å²) in [6.45, 7) is 0. The second-order valence-electron chi connectivity index (χ2n) is 9.53. The maximum Gasteiger partial charge on any atom is 0.0540 e. The van der Waals surface area contributed by atoms with Crippen molar-refractivity contribution in [1.82, 2.24) is 0 Å². The highest BCUT2D eigenvalue weighted by Gasteiger charge is 2.17. The van der Waals surface area contributed by atoms with Gasteiger partial charge in [-0.1, -0.05) is 109 Å². The minimum absolute atomic E-state index is 1.06. The van der Waals surface area contributed by atoms with Crippen LogP contribution in [0.25, 0.3) is 32.3 Å². The van der Waals surface area contributed by atoms with Crippen LogP contribution in [0, 0.1) is 0 Å². The average molecular weight is 487 g/mol. The van der Waals surface area contributed by atoms with E-state index >= 15 is 0 Å². The van der Waals surface area contributed by atoms with Gasteiger partial charge in [0.1, 0.15) is 0 Å². The number of nitrogens with zero attached hydrogens (tertiary/aromatic N) is 1. The highest BCUT2D eigenvalue weighted by molar-refractivity contribution is 6.04. The quantitative estimate of drug-likeness (QED) is 0.260. The van der Waals surface area contributed by atoms with Gasteiger partial charge in [0.25, 0.3) is 0 Å². The zero-order valence-corrected chi connectivity index (χ0v) is 20.9. The Labute approximate surface area is 222 Å². The zero-order chi connectivity index (χ0) is 25.3. The Balaban J connectivity index is 1.36. The van der Waals surface area contributed by atoms with Crippen LogP contribution in [0.2, 0.25) is 0 Å². The van der Waals surface area contributed by atoms with Crippen LogP contribution in [0.3, 0.4) is 0 Å². The third-order valence-corrected chi connectivity index (χ3v) is 7.21. The largest absolute Gasteiger partial charge is 0.355 e. The molecule has 2 nitrogen and oxygen atoms in total. The first-order valence-corrected chi connectivity index (χ1v) is 13.0. The summed E-state index contributed by atoms with van der Waals surface area (Å²) in [5.74, 6) is 0. The Kier molecular flexibility index (Phi) is 5.49. The lowest BCUT2D eigenvalue weighted by Gasteiger charge is -2.28. The monoisotopic (exact) mass is 486 g/mol. The first-order valence-electron chi connectivity index (χ1n) is 13.0. The Bertz CT molecular complexity index is 1810.